The molecule has 100 valence electrons. The third-order valence-corrected chi connectivity index (χ3v) is 3.95. The standard InChI is InChI=1S/C15H17NO3/c1-2-5-13(17)19-9-16-14-11-7-4-3-6-10(11)8-12(14)15(16)18/h3-4,6-7,12,14H,2,5,8-9H2,1H3/t12-,14+/m1/s1. The van der Waals surface area contributed by atoms with Crippen LogP contribution in [0.2, 0.25) is 0 Å². The lowest BCUT2D eigenvalue weighted by Gasteiger charge is -2.43. The van der Waals surface area contributed by atoms with Crippen LogP contribution in [-0.2, 0) is 20.7 Å². The summed E-state index contributed by atoms with van der Waals surface area (Å²) in [5, 5.41) is 0. The molecule has 4 nitrogen and oxygen atoms in total. The van der Waals surface area contributed by atoms with Crippen LogP contribution in [0.5, 0.6) is 0 Å². The minimum Gasteiger partial charge on any atom is -0.444 e. The van der Waals surface area contributed by atoms with E-state index in [1.807, 2.05) is 19.1 Å². The third kappa shape index (κ3) is 1.91. The van der Waals surface area contributed by atoms with Gasteiger partial charge in [0.15, 0.2) is 6.73 Å². The number of hydrogen-bond acceptors (Lipinski definition) is 3. The van der Waals surface area contributed by atoms with Crippen molar-refractivity contribution in [3.8, 4) is 0 Å². The van der Waals surface area contributed by atoms with Crippen molar-refractivity contribution in [1.82, 2.24) is 4.90 Å². The molecule has 3 rings (SSSR count). The van der Waals surface area contributed by atoms with Crippen LogP contribution in [0.15, 0.2) is 24.3 Å². The van der Waals surface area contributed by atoms with Gasteiger partial charge in [0, 0.05) is 6.42 Å². The van der Waals surface area contributed by atoms with Gasteiger partial charge in [0.25, 0.3) is 0 Å². The summed E-state index contributed by atoms with van der Waals surface area (Å²) in [6, 6.07) is 8.23. The van der Waals surface area contributed by atoms with E-state index in [1.54, 1.807) is 4.90 Å². The fourth-order valence-corrected chi connectivity index (χ4v) is 3.01. The van der Waals surface area contributed by atoms with E-state index in [4.69, 9.17) is 4.74 Å². The van der Waals surface area contributed by atoms with Crippen LogP contribution < -0.4 is 0 Å². The van der Waals surface area contributed by atoms with Gasteiger partial charge in [0.1, 0.15) is 0 Å². The molecule has 1 aromatic rings. The van der Waals surface area contributed by atoms with Crippen molar-refractivity contribution in [2.75, 3.05) is 6.73 Å². The van der Waals surface area contributed by atoms with E-state index in [1.165, 1.54) is 11.1 Å². The van der Waals surface area contributed by atoms with Gasteiger partial charge in [-0.15, -0.1) is 0 Å². The molecule has 0 bridgehead atoms. The average molecular weight is 259 g/mol. The Morgan fingerprint density at radius 3 is 3.00 bits per heavy atom. The first kappa shape index (κ1) is 12.2. The van der Waals surface area contributed by atoms with Crippen LogP contribution in [0.3, 0.4) is 0 Å². The van der Waals surface area contributed by atoms with Crippen molar-refractivity contribution in [2.45, 2.75) is 32.2 Å². The van der Waals surface area contributed by atoms with Gasteiger partial charge in [0.2, 0.25) is 5.91 Å². The van der Waals surface area contributed by atoms with Crippen molar-refractivity contribution in [3.05, 3.63) is 35.4 Å². The highest BCUT2D eigenvalue weighted by atomic mass is 16.5. The summed E-state index contributed by atoms with van der Waals surface area (Å²) < 4.78 is 5.15. The number of ether oxygens (including phenoxy) is 1. The molecular weight excluding hydrogens is 242 g/mol. The number of likely N-dealkylation sites (tertiary alicyclic amines) is 1. The van der Waals surface area contributed by atoms with Gasteiger partial charge in [-0.3, -0.25) is 9.59 Å². The van der Waals surface area contributed by atoms with Crippen molar-refractivity contribution in [2.24, 2.45) is 5.92 Å². The van der Waals surface area contributed by atoms with Crippen molar-refractivity contribution in [1.29, 1.82) is 0 Å². The van der Waals surface area contributed by atoms with Crippen LogP contribution in [-0.4, -0.2) is 23.5 Å². The maximum absolute atomic E-state index is 12.0. The second-order valence-electron chi connectivity index (χ2n) is 5.16. The summed E-state index contributed by atoms with van der Waals surface area (Å²) in [5.41, 5.74) is 2.45. The molecule has 0 aromatic heterocycles. The number of carbonyl (C=O) groups excluding carboxylic acids is 2. The number of hydrogen-bond donors (Lipinski definition) is 0. The number of amides is 1. The Morgan fingerprint density at radius 2 is 2.21 bits per heavy atom. The first-order valence-electron chi connectivity index (χ1n) is 6.76. The lowest BCUT2D eigenvalue weighted by atomic mass is 9.89. The summed E-state index contributed by atoms with van der Waals surface area (Å²) in [5.74, 6) is -0.0715. The largest absolute Gasteiger partial charge is 0.444 e. The van der Waals surface area contributed by atoms with Gasteiger partial charge in [-0.1, -0.05) is 31.2 Å². The quantitative estimate of drug-likeness (QED) is 0.614. The van der Waals surface area contributed by atoms with Crippen molar-refractivity contribution >= 4 is 11.9 Å². The molecule has 19 heavy (non-hydrogen) atoms. The maximum Gasteiger partial charge on any atom is 0.307 e. The predicted molar refractivity (Wildman–Crippen MR) is 69.1 cm³/mol. The van der Waals surface area contributed by atoms with Crippen molar-refractivity contribution < 1.29 is 14.3 Å². The first-order valence-corrected chi connectivity index (χ1v) is 6.76. The summed E-state index contributed by atoms with van der Waals surface area (Å²) in [7, 11) is 0. The monoisotopic (exact) mass is 259 g/mol. The van der Waals surface area contributed by atoms with Crippen LogP contribution in [0.25, 0.3) is 0 Å². The Hall–Kier alpha value is -1.84. The number of benzene rings is 1. The minimum absolute atomic E-state index is 0.0577. The molecule has 1 saturated heterocycles. The van der Waals surface area contributed by atoms with Crippen LogP contribution in [0.1, 0.15) is 36.9 Å². The lowest BCUT2D eigenvalue weighted by molar-refractivity contribution is -0.171. The molecule has 2 atom stereocenters. The Labute approximate surface area is 112 Å². The molecular formula is C15H17NO3. The number of esters is 1. The van der Waals surface area contributed by atoms with Gasteiger partial charge in [0.05, 0.1) is 12.0 Å². The SMILES string of the molecule is CCCC(=O)OCN1C(=O)[C@@H]2Cc3ccccc3[C@@H]21. The van der Waals surface area contributed by atoms with Gasteiger partial charge in [-0.2, -0.15) is 0 Å². The average Bonchev–Trinajstić information content (AvgIpc) is 2.75. The second kappa shape index (κ2) is 4.68. The highest BCUT2D eigenvalue weighted by Gasteiger charge is 2.52. The highest BCUT2D eigenvalue weighted by Crippen LogP contribution is 2.48. The molecule has 0 radical (unpaired) electrons. The van der Waals surface area contributed by atoms with E-state index in [-0.39, 0.29) is 30.6 Å². The Morgan fingerprint density at radius 1 is 1.42 bits per heavy atom. The fraction of sp³-hybridized carbons (Fsp3) is 0.467. The van der Waals surface area contributed by atoms with Gasteiger partial charge >= 0.3 is 5.97 Å². The molecule has 1 heterocycles. The van der Waals surface area contributed by atoms with Crippen LogP contribution >= 0.6 is 0 Å². The van der Waals surface area contributed by atoms with E-state index in [2.05, 4.69) is 12.1 Å². The maximum atomic E-state index is 12.0. The van der Waals surface area contributed by atoms with E-state index < -0.39 is 0 Å². The molecule has 1 aliphatic heterocycles. The van der Waals surface area contributed by atoms with Gasteiger partial charge in [-0.25, -0.2) is 0 Å². The third-order valence-electron chi connectivity index (χ3n) is 3.95. The zero-order valence-electron chi connectivity index (χ0n) is 11.0. The number of nitrogens with zero attached hydrogens (tertiary/aromatic N) is 1. The number of rotatable bonds is 4. The summed E-state index contributed by atoms with van der Waals surface area (Å²) in [4.78, 5) is 25.1. The van der Waals surface area contributed by atoms with E-state index in [9.17, 15) is 9.59 Å². The number of fused-ring (bicyclic) bond motifs is 3. The van der Waals surface area contributed by atoms with E-state index in [0.29, 0.717) is 6.42 Å². The Balaban J connectivity index is 1.68. The normalized spacial score (nSPS) is 23.6. The van der Waals surface area contributed by atoms with Crippen LogP contribution in [0.4, 0.5) is 0 Å². The summed E-state index contributed by atoms with van der Waals surface area (Å²) in [6.45, 7) is 2.02. The zero-order valence-corrected chi connectivity index (χ0v) is 11.0. The molecule has 1 aliphatic carbocycles. The minimum atomic E-state index is -0.231. The smallest absolute Gasteiger partial charge is 0.307 e. The zero-order chi connectivity index (χ0) is 13.4. The Bertz CT molecular complexity index is 526. The summed E-state index contributed by atoms with van der Waals surface area (Å²) >= 11 is 0. The molecule has 0 saturated carbocycles. The van der Waals surface area contributed by atoms with Crippen LogP contribution in [0, 0.1) is 5.92 Å². The van der Waals surface area contributed by atoms with E-state index in [0.717, 1.165) is 12.8 Å². The first-order chi connectivity index (χ1) is 9.22. The molecule has 1 aromatic carbocycles. The molecule has 1 fully saturated rings. The van der Waals surface area contributed by atoms with Gasteiger partial charge in [-0.05, 0) is 24.0 Å². The second-order valence-corrected chi connectivity index (χ2v) is 5.16. The molecule has 0 spiro atoms. The molecule has 4 heteroatoms. The predicted octanol–water partition coefficient (Wildman–Crippen LogP) is 2.04. The molecule has 0 unspecified atom stereocenters. The number of carbonyl (C=O) groups is 2. The highest BCUT2D eigenvalue weighted by molar-refractivity contribution is 5.88. The molecule has 2 aliphatic rings. The van der Waals surface area contributed by atoms with Crippen molar-refractivity contribution in [3.63, 3.8) is 0 Å². The van der Waals surface area contributed by atoms with E-state index >= 15 is 0 Å². The Kier molecular flexibility index (Phi) is 3.01. The molecule has 0 N–H and O–H groups in total. The fourth-order valence-electron chi connectivity index (χ4n) is 3.01. The lowest BCUT2D eigenvalue weighted by Crippen LogP contribution is -2.54. The number of β-lactam (4-membered cyclic amide) rings is 1. The summed E-state index contributed by atoms with van der Waals surface area (Å²) in [6.07, 6.45) is 1.99. The van der Waals surface area contributed by atoms with Gasteiger partial charge < -0.3 is 9.64 Å². The topological polar surface area (TPSA) is 46.6 Å². The molecule has 1 amide bonds.